The summed E-state index contributed by atoms with van der Waals surface area (Å²) in [4.78, 5) is 2.56. The minimum absolute atomic E-state index is 0.836. The maximum atomic E-state index is 3.76. The molecule has 1 saturated carbocycles. The van der Waals surface area contributed by atoms with Crippen molar-refractivity contribution >= 4 is 0 Å². The van der Waals surface area contributed by atoms with Crippen molar-refractivity contribution in [3.05, 3.63) is 0 Å². The van der Waals surface area contributed by atoms with Crippen LogP contribution in [-0.4, -0.2) is 37.1 Å². The molecule has 16 heavy (non-hydrogen) atoms. The van der Waals surface area contributed by atoms with Gasteiger partial charge < -0.3 is 10.2 Å². The van der Waals surface area contributed by atoms with E-state index in [1.165, 1.54) is 70.9 Å². The molecule has 1 saturated heterocycles. The molecular formula is C14H28N2. The molecule has 2 aliphatic rings. The van der Waals surface area contributed by atoms with Crippen LogP contribution in [0.1, 0.15) is 57.8 Å². The summed E-state index contributed by atoms with van der Waals surface area (Å²) >= 11 is 0. The number of hydrogen-bond donors (Lipinski definition) is 1. The summed E-state index contributed by atoms with van der Waals surface area (Å²) in [7, 11) is 2.30. The second kappa shape index (κ2) is 6.61. The molecule has 0 aromatic heterocycles. The fraction of sp³-hybridized carbons (Fsp3) is 1.00. The van der Waals surface area contributed by atoms with Crippen molar-refractivity contribution in [2.75, 3.05) is 20.1 Å². The lowest BCUT2D eigenvalue weighted by Gasteiger charge is -2.33. The fourth-order valence-corrected chi connectivity index (χ4v) is 3.27. The van der Waals surface area contributed by atoms with Crippen LogP contribution in [0.2, 0.25) is 0 Å². The van der Waals surface area contributed by atoms with Crippen LogP contribution in [0.5, 0.6) is 0 Å². The first-order chi connectivity index (χ1) is 7.86. The quantitative estimate of drug-likeness (QED) is 0.790. The zero-order chi connectivity index (χ0) is 11.2. The first-order valence-electron chi connectivity index (χ1n) is 7.30. The zero-order valence-electron chi connectivity index (χ0n) is 10.9. The molecule has 1 aliphatic heterocycles. The average Bonchev–Trinajstić information content (AvgIpc) is 2.33. The van der Waals surface area contributed by atoms with Crippen molar-refractivity contribution in [3.8, 4) is 0 Å². The van der Waals surface area contributed by atoms with Crippen molar-refractivity contribution in [3.63, 3.8) is 0 Å². The molecule has 1 aliphatic carbocycles. The van der Waals surface area contributed by atoms with E-state index in [4.69, 9.17) is 0 Å². The lowest BCUT2D eigenvalue weighted by molar-refractivity contribution is 0.173. The van der Waals surface area contributed by atoms with Gasteiger partial charge in [-0.25, -0.2) is 0 Å². The highest BCUT2D eigenvalue weighted by Gasteiger charge is 2.19. The Bertz CT molecular complexity index is 187. The van der Waals surface area contributed by atoms with Gasteiger partial charge in [-0.2, -0.15) is 0 Å². The molecule has 0 aromatic rings. The van der Waals surface area contributed by atoms with Gasteiger partial charge >= 0.3 is 0 Å². The summed E-state index contributed by atoms with van der Waals surface area (Å²) < 4.78 is 0. The number of hydrogen-bond acceptors (Lipinski definition) is 2. The van der Waals surface area contributed by atoms with E-state index in [0.29, 0.717) is 0 Å². The molecule has 2 rings (SSSR count). The number of nitrogens with one attached hydrogen (secondary N) is 1. The largest absolute Gasteiger partial charge is 0.314 e. The lowest BCUT2D eigenvalue weighted by atomic mass is 9.95. The maximum absolute atomic E-state index is 3.76. The van der Waals surface area contributed by atoms with Gasteiger partial charge in [0.25, 0.3) is 0 Å². The van der Waals surface area contributed by atoms with Crippen LogP contribution in [0.25, 0.3) is 0 Å². The van der Waals surface area contributed by atoms with Crippen molar-refractivity contribution in [1.82, 2.24) is 10.2 Å². The van der Waals surface area contributed by atoms with E-state index in [1.54, 1.807) is 0 Å². The van der Waals surface area contributed by atoms with Gasteiger partial charge in [-0.3, -0.25) is 0 Å². The van der Waals surface area contributed by atoms with Gasteiger partial charge in [-0.05, 0) is 52.2 Å². The third kappa shape index (κ3) is 3.74. The summed E-state index contributed by atoms with van der Waals surface area (Å²) in [6.45, 7) is 2.55. The average molecular weight is 224 g/mol. The molecule has 2 nitrogen and oxygen atoms in total. The Kier molecular flexibility index (Phi) is 5.11. The number of piperidine rings is 1. The maximum Gasteiger partial charge on any atom is 0.0104 e. The smallest absolute Gasteiger partial charge is 0.0104 e. The molecule has 0 aromatic carbocycles. The SMILES string of the molecule is CN1CCCCC1CCNC1CCCCC1. The van der Waals surface area contributed by atoms with Crippen LogP contribution in [0.4, 0.5) is 0 Å². The van der Waals surface area contributed by atoms with Crippen molar-refractivity contribution in [2.24, 2.45) is 0 Å². The third-order valence-electron chi connectivity index (χ3n) is 4.44. The van der Waals surface area contributed by atoms with E-state index in [1.807, 2.05) is 0 Å². The first-order valence-corrected chi connectivity index (χ1v) is 7.30. The first kappa shape index (κ1) is 12.4. The van der Waals surface area contributed by atoms with E-state index in [9.17, 15) is 0 Å². The summed E-state index contributed by atoms with van der Waals surface area (Å²) in [6, 6.07) is 1.69. The number of rotatable bonds is 4. The molecular weight excluding hydrogens is 196 g/mol. The minimum Gasteiger partial charge on any atom is -0.314 e. The minimum atomic E-state index is 0.836. The van der Waals surface area contributed by atoms with Gasteiger partial charge in [0.15, 0.2) is 0 Å². The van der Waals surface area contributed by atoms with E-state index < -0.39 is 0 Å². The van der Waals surface area contributed by atoms with E-state index in [2.05, 4.69) is 17.3 Å². The Morgan fingerprint density at radius 3 is 2.50 bits per heavy atom. The van der Waals surface area contributed by atoms with Crippen molar-refractivity contribution in [1.29, 1.82) is 0 Å². The second-order valence-electron chi connectivity index (χ2n) is 5.71. The molecule has 1 atom stereocenters. The van der Waals surface area contributed by atoms with E-state index in [-0.39, 0.29) is 0 Å². The molecule has 94 valence electrons. The highest BCUT2D eigenvalue weighted by Crippen LogP contribution is 2.19. The molecule has 0 radical (unpaired) electrons. The normalized spacial score (nSPS) is 29.4. The Morgan fingerprint density at radius 1 is 1.00 bits per heavy atom. The molecule has 1 heterocycles. The van der Waals surface area contributed by atoms with Gasteiger partial charge in [0.05, 0.1) is 0 Å². The monoisotopic (exact) mass is 224 g/mol. The Hall–Kier alpha value is -0.0800. The predicted octanol–water partition coefficient (Wildman–Crippen LogP) is 2.78. The second-order valence-corrected chi connectivity index (χ2v) is 5.71. The highest BCUT2D eigenvalue weighted by atomic mass is 15.1. The van der Waals surface area contributed by atoms with Crippen molar-refractivity contribution in [2.45, 2.75) is 69.9 Å². The molecule has 1 N–H and O–H groups in total. The molecule has 0 bridgehead atoms. The molecule has 0 amide bonds. The zero-order valence-corrected chi connectivity index (χ0v) is 10.9. The van der Waals surface area contributed by atoms with Crippen LogP contribution in [0, 0.1) is 0 Å². The third-order valence-corrected chi connectivity index (χ3v) is 4.44. The van der Waals surface area contributed by atoms with Gasteiger partial charge in [0.2, 0.25) is 0 Å². The number of nitrogens with zero attached hydrogens (tertiary/aromatic N) is 1. The highest BCUT2D eigenvalue weighted by molar-refractivity contribution is 4.77. The van der Waals surface area contributed by atoms with E-state index >= 15 is 0 Å². The molecule has 2 heteroatoms. The Morgan fingerprint density at radius 2 is 1.75 bits per heavy atom. The predicted molar refractivity (Wildman–Crippen MR) is 69.8 cm³/mol. The fourth-order valence-electron chi connectivity index (χ4n) is 3.27. The summed E-state index contributed by atoms with van der Waals surface area (Å²) in [5.74, 6) is 0. The molecule has 0 spiro atoms. The van der Waals surface area contributed by atoms with Gasteiger partial charge in [-0.1, -0.05) is 25.7 Å². The van der Waals surface area contributed by atoms with Crippen molar-refractivity contribution < 1.29 is 0 Å². The number of likely N-dealkylation sites (tertiary alicyclic amines) is 1. The van der Waals surface area contributed by atoms with Crippen LogP contribution in [0.15, 0.2) is 0 Å². The lowest BCUT2D eigenvalue weighted by Crippen LogP contribution is -2.40. The summed E-state index contributed by atoms with van der Waals surface area (Å²) in [5, 5.41) is 3.76. The molecule has 1 unspecified atom stereocenters. The standard InChI is InChI=1S/C14H28N2/c1-16-12-6-5-9-14(16)10-11-15-13-7-3-2-4-8-13/h13-15H,2-12H2,1H3. The van der Waals surface area contributed by atoms with Crippen LogP contribution >= 0.6 is 0 Å². The topological polar surface area (TPSA) is 15.3 Å². The Balaban J connectivity index is 1.59. The van der Waals surface area contributed by atoms with Crippen LogP contribution < -0.4 is 5.32 Å². The van der Waals surface area contributed by atoms with Crippen LogP contribution in [-0.2, 0) is 0 Å². The van der Waals surface area contributed by atoms with Gasteiger partial charge in [-0.15, -0.1) is 0 Å². The Labute approximate surface area is 101 Å². The van der Waals surface area contributed by atoms with E-state index in [0.717, 1.165) is 12.1 Å². The molecule has 2 fully saturated rings. The van der Waals surface area contributed by atoms with Crippen LogP contribution in [0.3, 0.4) is 0 Å². The van der Waals surface area contributed by atoms with Gasteiger partial charge in [0.1, 0.15) is 0 Å². The van der Waals surface area contributed by atoms with Gasteiger partial charge in [0, 0.05) is 12.1 Å². The summed E-state index contributed by atoms with van der Waals surface area (Å²) in [5.41, 5.74) is 0. The summed E-state index contributed by atoms with van der Waals surface area (Å²) in [6.07, 6.45) is 12.8.